The van der Waals surface area contributed by atoms with Gasteiger partial charge in [0.1, 0.15) is 5.82 Å². The van der Waals surface area contributed by atoms with E-state index in [-0.39, 0.29) is 18.3 Å². The smallest absolute Gasteiger partial charge is 0.239 e. The Morgan fingerprint density at radius 2 is 2.12 bits per heavy atom. The van der Waals surface area contributed by atoms with Crippen molar-refractivity contribution in [2.24, 2.45) is 0 Å². The molecule has 0 fully saturated rings. The van der Waals surface area contributed by atoms with Crippen molar-refractivity contribution >= 4 is 11.6 Å². The SMILES string of the molecule is CNCc1c(F)cccc1N(C)CC(=O)NC. The van der Waals surface area contributed by atoms with E-state index in [4.69, 9.17) is 0 Å². The summed E-state index contributed by atoms with van der Waals surface area (Å²) in [5.74, 6) is -0.368. The first-order chi connectivity index (χ1) is 8.10. The van der Waals surface area contributed by atoms with Crippen molar-refractivity contribution in [1.29, 1.82) is 0 Å². The molecule has 1 aromatic rings. The molecule has 0 aliphatic heterocycles. The maximum Gasteiger partial charge on any atom is 0.239 e. The van der Waals surface area contributed by atoms with Crippen LogP contribution < -0.4 is 15.5 Å². The van der Waals surface area contributed by atoms with Crippen molar-refractivity contribution in [3.63, 3.8) is 0 Å². The normalized spacial score (nSPS) is 10.1. The monoisotopic (exact) mass is 239 g/mol. The van der Waals surface area contributed by atoms with Crippen molar-refractivity contribution in [3.05, 3.63) is 29.6 Å². The summed E-state index contributed by atoms with van der Waals surface area (Å²) in [6.45, 7) is 0.636. The fourth-order valence-electron chi connectivity index (χ4n) is 1.64. The Labute approximate surface area is 101 Å². The molecule has 5 heteroatoms. The molecule has 0 atom stereocenters. The molecule has 0 heterocycles. The second-order valence-electron chi connectivity index (χ2n) is 3.80. The van der Waals surface area contributed by atoms with E-state index in [0.717, 1.165) is 5.69 Å². The van der Waals surface area contributed by atoms with Gasteiger partial charge < -0.3 is 15.5 Å². The summed E-state index contributed by atoms with van der Waals surface area (Å²) in [7, 11) is 5.11. The molecule has 0 aromatic heterocycles. The number of carbonyl (C=O) groups excluding carboxylic acids is 1. The third-order valence-corrected chi connectivity index (χ3v) is 2.52. The van der Waals surface area contributed by atoms with E-state index in [1.54, 1.807) is 38.2 Å². The number of hydrogen-bond acceptors (Lipinski definition) is 3. The Morgan fingerprint density at radius 3 is 2.71 bits per heavy atom. The van der Waals surface area contributed by atoms with Gasteiger partial charge in [-0.15, -0.1) is 0 Å². The van der Waals surface area contributed by atoms with Gasteiger partial charge in [-0.1, -0.05) is 6.07 Å². The molecule has 17 heavy (non-hydrogen) atoms. The van der Waals surface area contributed by atoms with Crippen LogP contribution in [0.4, 0.5) is 10.1 Å². The molecular weight excluding hydrogens is 221 g/mol. The first kappa shape index (κ1) is 13.4. The highest BCUT2D eigenvalue weighted by Gasteiger charge is 2.13. The molecule has 0 aliphatic rings. The number of halogens is 1. The summed E-state index contributed by atoms with van der Waals surface area (Å²) in [5, 5.41) is 5.46. The van der Waals surface area contributed by atoms with Crippen LogP contribution in [0, 0.1) is 5.82 Å². The Morgan fingerprint density at radius 1 is 1.41 bits per heavy atom. The van der Waals surface area contributed by atoms with E-state index >= 15 is 0 Å². The predicted octanol–water partition coefficient (Wildman–Crippen LogP) is 0.727. The number of nitrogens with zero attached hydrogens (tertiary/aromatic N) is 1. The summed E-state index contributed by atoms with van der Waals surface area (Å²) in [4.78, 5) is 13.0. The van der Waals surface area contributed by atoms with Crippen LogP contribution in [0.2, 0.25) is 0 Å². The average Bonchev–Trinajstić information content (AvgIpc) is 2.31. The number of rotatable bonds is 5. The molecule has 1 rings (SSSR count). The zero-order valence-electron chi connectivity index (χ0n) is 10.4. The summed E-state index contributed by atoms with van der Waals surface area (Å²) in [6.07, 6.45) is 0. The van der Waals surface area contributed by atoms with Crippen LogP contribution in [-0.2, 0) is 11.3 Å². The fourth-order valence-corrected chi connectivity index (χ4v) is 1.64. The van der Waals surface area contributed by atoms with E-state index in [0.29, 0.717) is 12.1 Å². The molecule has 0 bridgehead atoms. The van der Waals surface area contributed by atoms with Crippen LogP contribution in [-0.4, -0.2) is 33.6 Å². The number of nitrogens with one attached hydrogen (secondary N) is 2. The molecule has 0 unspecified atom stereocenters. The highest BCUT2D eigenvalue weighted by Crippen LogP contribution is 2.21. The van der Waals surface area contributed by atoms with Gasteiger partial charge in [0.2, 0.25) is 5.91 Å². The molecule has 0 spiro atoms. The van der Waals surface area contributed by atoms with E-state index in [1.807, 2.05) is 0 Å². The zero-order valence-corrected chi connectivity index (χ0v) is 10.4. The van der Waals surface area contributed by atoms with Crippen LogP contribution in [0.15, 0.2) is 18.2 Å². The van der Waals surface area contributed by atoms with Crippen molar-refractivity contribution in [2.45, 2.75) is 6.54 Å². The lowest BCUT2D eigenvalue weighted by Crippen LogP contribution is -2.33. The number of anilines is 1. The fraction of sp³-hybridized carbons (Fsp3) is 0.417. The Bertz CT molecular complexity index is 395. The molecule has 4 nitrogen and oxygen atoms in total. The third-order valence-electron chi connectivity index (χ3n) is 2.52. The van der Waals surface area contributed by atoms with Crippen LogP contribution in [0.3, 0.4) is 0 Å². The second kappa shape index (κ2) is 6.20. The van der Waals surface area contributed by atoms with Crippen molar-refractivity contribution in [2.75, 3.05) is 32.6 Å². The van der Waals surface area contributed by atoms with Crippen LogP contribution in [0.1, 0.15) is 5.56 Å². The second-order valence-corrected chi connectivity index (χ2v) is 3.80. The number of hydrogen-bond donors (Lipinski definition) is 2. The van der Waals surface area contributed by atoms with Gasteiger partial charge in [0.15, 0.2) is 0 Å². The molecule has 1 amide bonds. The lowest BCUT2D eigenvalue weighted by Gasteiger charge is -2.22. The van der Waals surface area contributed by atoms with Gasteiger partial charge in [0.25, 0.3) is 0 Å². The Hall–Kier alpha value is -1.62. The van der Waals surface area contributed by atoms with E-state index in [2.05, 4.69) is 10.6 Å². The maximum absolute atomic E-state index is 13.6. The number of likely N-dealkylation sites (N-methyl/N-ethyl adjacent to an activating group) is 2. The lowest BCUT2D eigenvalue weighted by molar-refractivity contribution is -0.119. The van der Waals surface area contributed by atoms with Gasteiger partial charge in [-0.05, 0) is 19.2 Å². The molecule has 0 radical (unpaired) electrons. The van der Waals surface area contributed by atoms with Gasteiger partial charge >= 0.3 is 0 Å². The van der Waals surface area contributed by atoms with E-state index in [9.17, 15) is 9.18 Å². The van der Waals surface area contributed by atoms with E-state index < -0.39 is 0 Å². The van der Waals surface area contributed by atoms with Crippen LogP contribution in [0.25, 0.3) is 0 Å². The predicted molar refractivity (Wildman–Crippen MR) is 66.5 cm³/mol. The van der Waals surface area contributed by atoms with Gasteiger partial charge in [-0.3, -0.25) is 4.79 Å². The van der Waals surface area contributed by atoms with Crippen LogP contribution >= 0.6 is 0 Å². The molecule has 0 aliphatic carbocycles. The average molecular weight is 239 g/mol. The maximum atomic E-state index is 13.6. The van der Waals surface area contributed by atoms with E-state index in [1.165, 1.54) is 6.07 Å². The zero-order chi connectivity index (χ0) is 12.8. The molecule has 2 N–H and O–H groups in total. The standard InChI is InChI=1S/C12H18FN3O/c1-14-7-9-10(13)5-4-6-11(9)16(3)8-12(17)15-2/h4-6,14H,7-8H2,1-3H3,(H,15,17). The van der Waals surface area contributed by atoms with Gasteiger partial charge in [0.05, 0.1) is 6.54 Å². The third kappa shape index (κ3) is 3.42. The van der Waals surface area contributed by atoms with Crippen molar-refractivity contribution in [1.82, 2.24) is 10.6 Å². The molecule has 94 valence electrons. The van der Waals surface area contributed by atoms with Gasteiger partial charge in [-0.25, -0.2) is 4.39 Å². The highest BCUT2D eigenvalue weighted by molar-refractivity contribution is 5.81. The first-order valence-electron chi connectivity index (χ1n) is 5.43. The minimum absolute atomic E-state index is 0.104. The topological polar surface area (TPSA) is 44.4 Å². The minimum atomic E-state index is -0.263. The van der Waals surface area contributed by atoms with Crippen molar-refractivity contribution < 1.29 is 9.18 Å². The largest absolute Gasteiger partial charge is 0.365 e. The molecule has 0 saturated carbocycles. The molecule has 0 saturated heterocycles. The van der Waals surface area contributed by atoms with Crippen molar-refractivity contribution in [3.8, 4) is 0 Å². The van der Waals surface area contributed by atoms with Gasteiger partial charge in [-0.2, -0.15) is 0 Å². The highest BCUT2D eigenvalue weighted by atomic mass is 19.1. The van der Waals surface area contributed by atoms with Gasteiger partial charge in [0, 0.05) is 31.9 Å². The summed E-state index contributed by atoms with van der Waals surface area (Å²) >= 11 is 0. The molecule has 1 aromatic carbocycles. The summed E-state index contributed by atoms with van der Waals surface area (Å²) in [5.41, 5.74) is 1.30. The minimum Gasteiger partial charge on any atom is -0.365 e. The Balaban J connectivity index is 2.95. The number of carbonyl (C=O) groups is 1. The number of amides is 1. The van der Waals surface area contributed by atoms with Crippen LogP contribution in [0.5, 0.6) is 0 Å². The molecular formula is C12H18FN3O. The number of benzene rings is 1. The Kier molecular flexibility index (Phi) is 4.90. The summed E-state index contributed by atoms with van der Waals surface area (Å²) < 4.78 is 13.6. The summed E-state index contributed by atoms with van der Waals surface area (Å²) in [6, 6.07) is 4.87. The lowest BCUT2D eigenvalue weighted by atomic mass is 10.1. The first-order valence-corrected chi connectivity index (χ1v) is 5.43. The quantitative estimate of drug-likeness (QED) is 0.796.